The molecule has 20 heavy (non-hydrogen) atoms. The minimum absolute atomic E-state index is 0.188. The predicted molar refractivity (Wildman–Crippen MR) is 70.3 cm³/mol. The molecule has 0 saturated heterocycles. The number of methoxy groups -OCH3 is 2. The van der Waals surface area contributed by atoms with Crippen LogP contribution in [-0.4, -0.2) is 68.4 Å². The summed E-state index contributed by atoms with van der Waals surface area (Å²) in [5.41, 5.74) is 0. The standard InChI is InChI=1S/C12H22N2O6/c1-14(7-4-5-10(15)20-3)12(18)13-9(11(16)17)6-8-19-2/h9H,4-8H2,1-3H3,(H,13,18)(H,16,17). The van der Waals surface area contributed by atoms with Gasteiger partial charge in [0.05, 0.1) is 7.11 Å². The van der Waals surface area contributed by atoms with Crippen LogP contribution in [0.15, 0.2) is 0 Å². The number of urea groups is 1. The normalized spacial score (nSPS) is 11.6. The SMILES string of the molecule is COCCC(NC(=O)N(C)CCCC(=O)OC)C(=O)O. The van der Waals surface area contributed by atoms with Crippen LogP contribution in [0.25, 0.3) is 0 Å². The Morgan fingerprint density at radius 1 is 1.30 bits per heavy atom. The molecule has 0 aliphatic heterocycles. The number of carboxylic acids is 1. The lowest BCUT2D eigenvalue weighted by molar-refractivity contribution is -0.141. The average molecular weight is 290 g/mol. The van der Waals surface area contributed by atoms with Crippen molar-refractivity contribution in [3.63, 3.8) is 0 Å². The lowest BCUT2D eigenvalue weighted by Crippen LogP contribution is -2.47. The first-order valence-corrected chi connectivity index (χ1v) is 6.22. The van der Waals surface area contributed by atoms with Crippen LogP contribution in [0.1, 0.15) is 19.3 Å². The molecule has 8 heteroatoms. The Morgan fingerprint density at radius 3 is 2.45 bits per heavy atom. The number of amides is 2. The molecule has 0 aromatic carbocycles. The minimum Gasteiger partial charge on any atom is -0.480 e. The van der Waals surface area contributed by atoms with Gasteiger partial charge in [0.25, 0.3) is 0 Å². The summed E-state index contributed by atoms with van der Waals surface area (Å²) in [7, 11) is 4.29. The number of nitrogens with zero attached hydrogens (tertiary/aromatic N) is 1. The van der Waals surface area contributed by atoms with Crippen LogP contribution in [0.4, 0.5) is 4.79 Å². The summed E-state index contributed by atoms with van der Waals surface area (Å²) in [6.07, 6.45) is 0.847. The lowest BCUT2D eigenvalue weighted by atomic mass is 10.2. The molecule has 2 amide bonds. The van der Waals surface area contributed by atoms with Crippen molar-refractivity contribution in [2.24, 2.45) is 0 Å². The van der Waals surface area contributed by atoms with Crippen molar-refractivity contribution in [3.05, 3.63) is 0 Å². The predicted octanol–water partition coefficient (Wildman–Crippen LogP) is 0.0707. The Hall–Kier alpha value is -1.83. The monoisotopic (exact) mass is 290 g/mol. The first-order valence-electron chi connectivity index (χ1n) is 6.22. The van der Waals surface area contributed by atoms with Crippen molar-refractivity contribution in [1.29, 1.82) is 0 Å². The van der Waals surface area contributed by atoms with Crippen LogP contribution in [0, 0.1) is 0 Å². The quantitative estimate of drug-likeness (QED) is 0.582. The zero-order chi connectivity index (χ0) is 15.5. The number of carbonyl (C=O) groups excluding carboxylic acids is 2. The van der Waals surface area contributed by atoms with Gasteiger partial charge in [-0.05, 0) is 6.42 Å². The Labute approximate surface area is 118 Å². The molecule has 0 aromatic heterocycles. The zero-order valence-corrected chi connectivity index (χ0v) is 12.0. The Kier molecular flexibility index (Phi) is 9.10. The van der Waals surface area contributed by atoms with Crippen LogP contribution >= 0.6 is 0 Å². The van der Waals surface area contributed by atoms with Gasteiger partial charge in [-0.3, -0.25) is 4.79 Å². The highest BCUT2D eigenvalue weighted by molar-refractivity contribution is 5.82. The van der Waals surface area contributed by atoms with E-state index in [9.17, 15) is 14.4 Å². The van der Waals surface area contributed by atoms with Crippen LogP contribution in [0.2, 0.25) is 0 Å². The molecule has 0 bridgehead atoms. The molecule has 116 valence electrons. The first-order chi connectivity index (χ1) is 9.42. The van der Waals surface area contributed by atoms with E-state index in [0.717, 1.165) is 0 Å². The van der Waals surface area contributed by atoms with Gasteiger partial charge >= 0.3 is 18.0 Å². The summed E-state index contributed by atoms with van der Waals surface area (Å²) in [5, 5.41) is 11.4. The maximum absolute atomic E-state index is 11.8. The van der Waals surface area contributed by atoms with Crippen molar-refractivity contribution in [2.45, 2.75) is 25.3 Å². The Balaban J connectivity index is 4.14. The molecule has 0 aliphatic carbocycles. The Morgan fingerprint density at radius 2 is 1.95 bits per heavy atom. The number of nitrogens with one attached hydrogen (secondary N) is 1. The first kappa shape index (κ1) is 18.2. The number of carbonyl (C=O) groups is 3. The fraction of sp³-hybridized carbons (Fsp3) is 0.750. The minimum atomic E-state index is -1.11. The zero-order valence-electron chi connectivity index (χ0n) is 12.0. The number of esters is 1. The average Bonchev–Trinajstić information content (AvgIpc) is 2.42. The van der Waals surface area contributed by atoms with Gasteiger partial charge < -0.3 is 24.8 Å². The molecule has 1 atom stereocenters. The third-order valence-corrected chi connectivity index (χ3v) is 2.66. The number of rotatable bonds is 9. The van der Waals surface area contributed by atoms with Gasteiger partial charge in [-0.25, -0.2) is 9.59 Å². The fourth-order valence-electron chi connectivity index (χ4n) is 1.42. The van der Waals surface area contributed by atoms with Gasteiger partial charge in [-0.15, -0.1) is 0 Å². The van der Waals surface area contributed by atoms with Crippen molar-refractivity contribution in [2.75, 3.05) is 34.4 Å². The van der Waals surface area contributed by atoms with E-state index in [-0.39, 0.29) is 25.4 Å². The van der Waals surface area contributed by atoms with Gasteiger partial charge in [0.1, 0.15) is 6.04 Å². The molecule has 0 spiro atoms. The van der Waals surface area contributed by atoms with Crippen LogP contribution in [0.3, 0.4) is 0 Å². The van der Waals surface area contributed by atoms with Gasteiger partial charge in [0.2, 0.25) is 0 Å². The topological polar surface area (TPSA) is 105 Å². The molecule has 0 heterocycles. The number of ether oxygens (including phenoxy) is 2. The summed E-state index contributed by atoms with van der Waals surface area (Å²) in [6, 6.07) is -1.50. The third-order valence-electron chi connectivity index (χ3n) is 2.66. The number of aliphatic carboxylic acids is 1. The van der Waals surface area contributed by atoms with E-state index < -0.39 is 18.0 Å². The second-order valence-corrected chi connectivity index (χ2v) is 4.22. The largest absolute Gasteiger partial charge is 0.480 e. The highest BCUT2D eigenvalue weighted by Crippen LogP contribution is 1.98. The van der Waals surface area contributed by atoms with Crippen molar-refractivity contribution in [1.82, 2.24) is 10.2 Å². The molecule has 1 unspecified atom stereocenters. The summed E-state index contributed by atoms with van der Waals surface area (Å²) < 4.78 is 9.27. The van der Waals surface area contributed by atoms with Crippen LogP contribution < -0.4 is 5.32 Å². The smallest absolute Gasteiger partial charge is 0.326 e. The molecular weight excluding hydrogens is 268 g/mol. The molecule has 0 fully saturated rings. The van der Waals surface area contributed by atoms with E-state index in [1.54, 1.807) is 0 Å². The molecule has 0 rings (SSSR count). The van der Waals surface area contributed by atoms with Crippen LogP contribution in [-0.2, 0) is 19.1 Å². The van der Waals surface area contributed by atoms with E-state index in [1.807, 2.05) is 0 Å². The second kappa shape index (κ2) is 10.0. The van der Waals surface area contributed by atoms with Crippen LogP contribution in [0.5, 0.6) is 0 Å². The molecule has 0 aliphatic rings. The van der Waals surface area contributed by atoms with Crippen molar-refractivity contribution >= 4 is 18.0 Å². The van der Waals surface area contributed by atoms with Gasteiger partial charge in [-0.1, -0.05) is 0 Å². The van der Waals surface area contributed by atoms with E-state index in [4.69, 9.17) is 9.84 Å². The molecular formula is C12H22N2O6. The number of hydrogen-bond acceptors (Lipinski definition) is 5. The highest BCUT2D eigenvalue weighted by Gasteiger charge is 2.21. The second-order valence-electron chi connectivity index (χ2n) is 4.22. The molecule has 2 N–H and O–H groups in total. The summed E-state index contributed by atoms with van der Waals surface area (Å²) in [4.78, 5) is 35.0. The summed E-state index contributed by atoms with van der Waals surface area (Å²) in [5.74, 6) is -1.46. The number of carboxylic acid groups (broad SMARTS) is 1. The fourth-order valence-corrected chi connectivity index (χ4v) is 1.42. The summed E-state index contributed by atoms with van der Waals surface area (Å²) in [6.45, 7) is 0.570. The van der Waals surface area contributed by atoms with Gasteiger partial charge in [0.15, 0.2) is 0 Å². The molecule has 0 aromatic rings. The van der Waals surface area contributed by atoms with Crippen molar-refractivity contribution in [3.8, 4) is 0 Å². The van der Waals surface area contributed by atoms with E-state index in [1.165, 1.54) is 26.2 Å². The molecule has 0 saturated carbocycles. The van der Waals surface area contributed by atoms with Gasteiger partial charge in [0, 0.05) is 40.2 Å². The molecule has 0 radical (unpaired) electrons. The van der Waals surface area contributed by atoms with Crippen molar-refractivity contribution < 1.29 is 29.0 Å². The Bertz CT molecular complexity index is 334. The third kappa shape index (κ3) is 7.57. The van der Waals surface area contributed by atoms with Gasteiger partial charge in [-0.2, -0.15) is 0 Å². The molecule has 8 nitrogen and oxygen atoms in total. The lowest BCUT2D eigenvalue weighted by Gasteiger charge is -2.21. The number of hydrogen-bond donors (Lipinski definition) is 2. The van der Waals surface area contributed by atoms with E-state index >= 15 is 0 Å². The highest BCUT2D eigenvalue weighted by atomic mass is 16.5. The summed E-state index contributed by atoms with van der Waals surface area (Å²) >= 11 is 0. The van der Waals surface area contributed by atoms with E-state index in [2.05, 4.69) is 10.1 Å². The maximum atomic E-state index is 11.8. The van der Waals surface area contributed by atoms with E-state index in [0.29, 0.717) is 13.0 Å². The maximum Gasteiger partial charge on any atom is 0.326 e.